The molecule has 0 spiro atoms. The SMILES string of the molecule is CCN(CC)CCOC(=O)c1ccc(NC(=O)c2cc3c(=O)n(CC)c4ccccc4c3s2)cc1. The molecule has 0 saturated heterocycles. The molecule has 4 rings (SSSR count). The molecule has 0 aliphatic rings. The zero-order chi connectivity index (χ0) is 24.9. The van der Waals surface area contributed by atoms with E-state index in [9.17, 15) is 14.4 Å². The number of pyridine rings is 1. The number of rotatable bonds is 9. The molecular formula is C27H29N3O4S. The molecule has 1 N–H and O–H groups in total. The smallest absolute Gasteiger partial charge is 0.338 e. The van der Waals surface area contributed by atoms with E-state index in [-0.39, 0.29) is 11.5 Å². The van der Waals surface area contributed by atoms with Crippen molar-refractivity contribution in [2.45, 2.75) is 27.3 Å². The van der Waals surface area contributed by atoms with Crippen LogP contribution in [0, 0.1) is 0 Å². The van der Waals surface area contributed by atoms with Crippen molar-refractivity contribution < 1.29 is 14.3 Å². The number of esters is 1. The van der Waals surface area contributed by atoms with E-state index in [1.807, 2.05) is 31.2 Å². The Kier molecular flexibility index (Phi) is 7.63. The molecule has 0 radical (unpaired) electrons. The van der Waals surface area contributed by atoms with Gasteiger partial charge in [0.25, 0.3) is 11.5 Å². The van der Waals surface area contributed by atoms with Gasteiger partial charge in [0.15, 0.2) is 0 Å². The van der Waals surface area contributed by atoms with Crippen LogP contribution in [0.5, 0.6) is 0 Å². The summed E-state index contributed by atoms with van der Waals surface area (Å²) >= 11 is 1.31. The van der Waals surface area contributed by atoms with Gasteiger partial charge in [-0.05, 0) is 56.4 Å². The lowest BCUT2D eigenvalue weighted by atomic mass is 10.1. The minimum Gasteiger partial charge on any atom is -0.461 e. The summed E-state index contributed by atoms with van der Waals surface area (Å²) in [5, 5.41) is 4.36. The van der Waals surface area contributed by atoms with Gasteiger partial charge >= 0.3 is 5.97 Å². The molecule has 1 amide bonds. The average molecular weight is 492 g/mol. The fourth-order valence-corrected chi connectivity index (χ4v) is 5.18. The van der Waals surface area contributed by atoms with Crippen LogP contribution in [0.1, 0.15) is 40.8 Å². The van der Waals surface area contributed by atoms with E-state index >= 15 is 0 Å². The van der Waals surface area contributed by atoms with E-state index in [4.69, 9.17) is 4.74 Å². The van der Waals surface area contributed by atoms with Gasteiger partial charge in [0.05, 0.1) is 21.3 Å². The Morgan fingerprint density at radius 2 is 1.71 bits per heavy atom. The molecule has 0 bridgehead atoms. The van der Waals surface area contributed by atoms with E-state index in [0.717, 1.165) is 28.7 Å². The number of para-hydroxylation sites is 1. The minimum absolute atomic E-state index is 0.0969. The van der Waals surface area contributed by atoms with Crippen LogP contribution in [0.15, 0.2) is 59.4 Å². The normalized spacial score (nSPS) is 11.3. The molecule has 0 saturated carbocycles. The summed E-state index contributed by atoms with van der Waals surface area (Å²) in [6.07, 6.45) is 0. The van der Waals surface area contributed by atoms with E-state index in [2.05, 4.69) is 24.1 Å². The molecule has 0 unspecified atom stereocenters. The third kappa shape index (κ3) is 5.13. The maximum atomic E-state index is 13.0. The van der Waals surface area contributed by atoms with Crippen molar-refractivity contribution in [3.8, 4) is 0 Å². The van der Waals surface area contributed by atoms with Crippen LogP contribution >= 0.6 is 11.3 Å². The van der Waals surface area contributed by atoms with Crippen molar-refractivity contribution in [1.82, 2.24) is 9.47 Å². The predicted molar refractivity (Wildman–Crippen MR) is 142 cm³/mol. The Morgan fingerprint density at radius 1 is 1.00 bits per heavy atom. The van der Waals surface area contributed by atoms with Crippen LogP contribution in [0.3, 0.4) is 0 Å². The number of hydrogen-bond acceptors (Lipinski definition) is 6. The number of nitrogens with zero attached hydrogens (tertiary/aromatic N) is 2. The van der Waals surface area contributed by atoms with Gasteiger partial charge in [0.2, 0.25) is 0 Å². The van der Waals surface area contributed by atoms with Crippen LogP contribution in [-0.2, 0) is 11.3 Å². The summed E-state index contributed by atoms with van der Waals surface area (Å²) in [5.41, 5.74) is 1.75. The molecule has 2 aromatic carbocycles. The number of likely N-dealkylation sites (N-methyl/N-ethyl adjacent to an activating group) is 1. The van der Waals surface area contributed by atoms with Gasteiger partial charge in [0.1, 0.15) is 6.61 Å². The quantitative estimate of drug-likeness (QED) is 0.334. The van der Waals surface area contributed by atoms with Crippen LogP contribution in [0.2, 0.25) is 0 Å². The number of nitrogens with one attached hydrogen (secondary N) is 1. The fourth-order valence-electron chi connectivity index (χ4n) is 4.10. The largest absolute Gasteiger partial charge is 0.461 e. The molecule has 0 atom stereocenters. The van der Waals surface area contributed by atoms with Crippen LogP contribution < -0.4 is 10.9 Å². The Morgan fingerprint density at radius 3 is 2.40 bits per heavy atom. The molecule has 0 aliphatic heterocycles. The highest BCUT2D eigenvalue weighted by molar-refractivity contribution is 7.21. The molecule has 2 heterocycles. The maximum absolute atomic E-state index is 13.0. The van der Waals surface area contributed by atoms with Gasteiger partial charge < -0.3 is 19.5 Å². The number of hydrogen-bond donors (Lipinski definition) is 1. The number of carbonyl (C=O) groups is 2. The number of aromatic nitrogens is 1. The summed E-state index contributed by atoms with van der Waals surface area (Å²) in [6, 6.07) is 16.0. The molecule has 8 heteroatoms. The van der Waals surface area contributed by atoms with Gasteiger partial charge in [0, 0.05) is 28.9 Å². The first-order valence-electron chi connectivity index (χ1n) is 11.8. The highest BCUT2D eigenvalue weighted by Crippen LogP contribution is 2.31. The molecular weight excluding hydrogens is 462 g/mol. The number of aryl methyl sites for hydroxylation is 1. The lowest BCUT2D eigenvalue weighted by Gasteiger charge is -2.17. The number of anilines is 1. The lowest BCUT2D eigenvalue weighted by Crippen LogP contribution is -2.27. The number of ether oxygens (including phenoxy) is 1. The second-order valence-corrected chi connectivity index (χ2v) is 9.17. The monoisotopic (exact) mass is 491 g/mol. The minimum atomic E-state index is -0.390. The molecule has 7 nitrogen and oxygen atoms in total. The highest BCUT2D eigenvalue weighted by Gasteiger charge is 2.17. The Bertz CT molecular complexity index is 1420. The van der Waals surface area contributed by atoms with Crippen LogP contribution in [0.25, 0.3) is 21.0 Å². The number of thiophene rings is 1. The van der Waals surface area contributed by atoms with Gasteiger partial charge in [-0.15, -0.1) is 11.3 Å². The topological polar surface area (TPSA) is 80.6 Å². The molecule has 2 aromatic heterocycles. The molecule has 4 aromatic rings. The lowest BCUT2D eigenvalue weighted by molar-refractivity contribution is 0.0466. The van der Waals surface area contributed by atoms with Crippen molar-refractivity contribution in [1.29, 1.82) is 0 Å². The Balaban J connectivity index is 1.49. The fraction of sp³-hybridized carbons (Fsp3) is 0.296. The standard InChI is InChI=1S/C27H29N3O4S/c1-4-29(5-2)15-16-34-27(33)18-11-13-19(14-12-18)28-25(31)23-17-21-24(35-23)20-9-7-8-10-22(20)30(6-3)26(21)32/h7-14,17H,4-6,15-16H2,1-3H3,(H,28,31). The third-order valence-electron chi connectivity index (χ3n) is 6.10. The van der Waals surface area contributed by atoms with E-state index in [1.54, 1.807) is 34.9 Å². The average Bonchev–Trinajstić information content (AvgIpc) is 3.34. The van der Waals surface area contributed by atoms with Crippen molar-refractivity contribution in [3.63, 3.8) is 0 Å². The van der Waals surface area contributed by atoms with E-state index in [0.29, 0.717) is 41.2 Å². The van der Waals surface area contributed by atoms with Crippen molar-refractivity contribution in [3.05, 3.63) is 75.4 Å². The number of carbonyl (C=O) groups excluding carboxylic acids is 2. The van der Waals surface area contributed by atoms with Gasteiger partial charge in [-0.25, -0.2) is 4.79 Å². The van der Waals surface area contributed by atoms with Crippen molar-refractivity contribution >= 4 is 49.9 Å². The van der Waals surface area contributed by atoms with Gasteiger partial charge in [-0.2, -0.15) is 0 Å². The summed E-state index contributed by atoms with van der Waals surface area (Å²) in [4.78, 5) is 40.9. The molecule has 35 heavy (non-hydrogen) atoms. The zero-order valence-corrected chi connectivity index (χ0v) is 21.0. The van der Waals surface area contributed by atoms with E-state index in [1.165, 1.54) is 11.3 Å². The summed E-state index contributed by atoms with van der Waals surface area (Å²) in [6.45, 7) is 9.47. The first kappa shape index (κ1) is 24.6. The Hall–Kier alpha value is -3.49. The van der Waals surface area contributed by atoms with Crippen LogP contribution in [-0.4, -0.2) is 47.6 Å². The second-order valence-electron chi connectivity index (χ2n) is 8.11. The van der Waals surface area contributed by atoms with Crippen LogP contribution in [0.4, 0.5) is 5.69 Å². The first-order chi connectivity index (χ1) is 17.0. The molecule has 0 aliphatic carbocycles. The number of fused-ring (bicyclic) bond motifs is 3. The molecule has 182 valence electrons. The predicted octanol–water partition coefficient (Wildman–Crippen LogP) is 4.99. The second kappa shape index (κ2) is 10.8. The van der Waals surface area contributed by atoms with Crippen molar-refractivity contribution in [2.24, 2.45) is 0 Å². The highest BCUT2D eigenvalue weighted by atomic mass is 32.1. The maximum Gasteiger partial charge on any atom is 0.338 e. The first-order valence-corrected chi connectivity index (χ1v) is 12.6. The van der Waals surface area contributed by atoms with Crippen molar-refractivity contribution in [2.75, 3.05) is 31.6 Å². The summed E-state index contributed by atoms with van der Waals surface area (Å²) in [7, 11) is 0. The summed E-state index contributed by atoms with van der Waals surface area (Å²) < 4.78 is 7.89. The van der Waals surface area contributed by atoms with Gasteiger partial charge in [-0.1, -0.05) is 32.0 Å². The summed E-state index contributed by atoms with van der Waals surface area (Å²) in [5.74, 6) is -0.689. The third-order valence-corrected chi connectivity index (χ3v) is 7.27. The zero-order valence-electron chi connectivity index (χ0n) is 20.2. The van der Waals surface area contributed by atoms with E-state index < -0.39 is 5.97 Å². The van der Waals surface area contributed by atoms with Gasteiger partial charge in [-0.3, -0.25) is 9.59 Å². The Labute approximate surface area is 207 Å². The number of benzene rings is 2. The molecule has 0 fully saturated rings. The number of amides is 1.